The van der Waals surface area contributed by atoms with Gasteiger partial charge in [0.25, 0.3) is 0 Å². The van der Waals surface area contributed by atoms with Crippen LogP contribution in [0.1, 0.15) is 30.7 Å². The molecular weight excluding hydrogens is 320 g/mol. The highest BCUT2D eigenvalue weighted by molar-refractivity contribution is 9.10. The van der Waals surface area contributed by atoms with Crippen LogP contribution in [-0.2, 0) is 4.79 Å². The summed E-state index contributed by atoms with van der Waals surface area (Å²) in [5.41, 5.74) is 1.91. The molecule has 0 saturated heterocycles. The molecule has 1 aromatic heterocycles. The predicted octanol–water partition coefficient (Wildman–Crippen LogP) is 3.74. The average molecular weight is 333 g/mol. The molecule has 0 N–H and O–H groups in total. The highest BCUT2D eigenvalue weighted by atomic mass is 79.9. The third-order valence-electron chi connectivity index (χ3n) is 3.26. The number of hydrazone groups is 1. The van der Waals surface area contributed by atoms with Gasteiger partial charge >= 0.3 is 0 Å². The summed E-state index contributed by atoms with van der Waals surface area (Å²) in [5, 5.41) is 5.95. The van der Waals surface area contributed by atoms with Gasteiger partial charge in [0.2, 0.25) is 5.91 Å². The van der Waals surface area contributed by atoms with Crippen LogP contribution in [-0.4, -0.2) is 16.6 Å². The molecule has 102 valence electrons. The van der Waals surface area contributed by atoms with Crippen molar-refractivity contribution in [3.8, 4) is 0 Å². The minimum atomic E-state index is -0.156. The Hall–Kier alpha value is -1.88. The first kappa shape index (κ1) is 13.1. The standard InChI is InChI=1S/C15H13BrN2O2/c1-10(19)18-14(15-6-3-7-20-15)9-13(17-18)11-4-2-5-12(16)8-11/h2-8,14H,9H2,1H3/t14-/m1/s1. The van der Waals surface area contributed by atoms with Gasteiger partial charge in [-0.3, -0.25) is 4.79 Å². The highest BCUT2D eigenvalue weighted by Gasteiger charge is 2.33. The summed E-state index contributed by atoms with van der Waals surface area (Å²) in [6.07, 6.45) is 2.27. The van der Waals surface area contributed by atoms with E-state index in [1.165, 1.54) is 11.9 Å². The van der Waals surface area contributed by atoms with E-state index in [4.69, 9.17) is 4.42 Å². The number of benzene rings is 1. The molecule has 1 aliphatic heterocycles. The minimum absolute atomic E-state index is 0.0867. The molecule has 3 rings (SSSR count). The SMILES string of the molecule is CC(=O)N1N=C(c2cccc(Br)c2)C[C@@H]1c1ccco1. The van der Waals surface area contributed by atoms with Crippen molar-refractivity contribution < 1.29 is 9.21 Å². The number of carbonyl (C=O) groups is 1. The lowest BCUT2D eigenvalue weighted by atomic mass is 10.0. The maximum atomic E-state index is 11.8. The molecule has 4 nitrogen and oxygen atoms in total. The maximum absolute atomic E-state index is 11.8. The monoisotopic (exact) mass is 332 g/mol. The first-order valence-electron chi connectivity index (χ1n) is 6.32. The maximum Gasteiger partial charge on any atom is 0.240 e. The number of furan rings is 1. The topological polar surface area (TPSA) is 45.8 Å². The molecule has 0 aliphatic carbocycles. The van der Waals surface area contributed by atoms with E-state index in [9.17, 15) is 4.79 Å². The number of halogens is 1. The molecule has 0 spiro atoms. The van der Waals surface area contributed by atoms with E-state index in [0.717, 1.165) is 21.5 Å². The summed E-state index contributed by atoms with van der Waals surface area (Å²) in [4.78, 5) is 11.8. The molecule has 1 amide bonds. The lowest BCUT2D eigenvalue weighted by Crippen LogP contribution is -2.23. The molecule has 0 fully saturated rings. The van der Waals surface area contributed by atoms with E-state index in [-0.39, 0.29) is 11.9 Å². The number of hydrogen-bond acceptors (Lipinski definition) is 3. The predicted molar refractivity (Wildman–Crippen MR) is 79.3 cm³/mol. The molecule has 0 radical (unpaired) electrons. The van der Waals surface area contributed by atoms with E-state index in [1.54, 1.807) is 6.26 Å². The Balaban J connectivity index is 1.95. The van der Waals surface area contributed by atoms with Gasteiger partial charge in [-0.05, 0) is 29.8 Å². The van der Waals surface area contributed by atoms with Crippen molar-refractivity contribution in [2.24, 2.45) is 5.10 Å². The van der Waals surface area contributed by atoms with Crippen molar-refractivity contribution in [3.63, 3.8) is 0 Å². The third-order valence-corrected chi connectivity index (χ3v) is 3.76. The Labute approximate surface area is 125 Å². The van der Waals surface area contributed by atoms with Gasteiger partial charge < -0.3 is 4.42 Å². The second-order valence-electron chi connectivity index (χ2n) is 4.66. The van der Waals surface area contributed by atoms with Crippen molar-refractivity contribution in [2.75, 3.05) is 0 Å². The zero-order chi connectivity index (χ0) is 14.1. The Morgan fingerprint density at radius 1 is 1.40 bits per heavy atom. The van der Waals surface area contributed by atoms with E-state index in [1.807, 2.05) is 36.4 Å². The van der Waals surface area contributed by atoms with Crippen LogP contribution in [0.25, 0.3) is 0 Å². The van der Waals surface area contributed by atoms with Crippen LogP contribution in [0.2, 0.25) is 0 Å². The van der Waals surface area contributed by atoms with Crippen molar-refractivity contribution in [3.05, 3.63) is 58.5 Å². The number of hydrogen-bond donors (Lipinski definition) is 0. The molecule has 0 bridgehead atoms. The van der Waals surface area contributed by atoms with Gasteiger partial charge in [-0.25, -0.2) is 5.01 Å². The Bertz CT molecular complexity index is 664. The van der Waals surface area contributed by atoms with Gasteiger partial charge in [0.15, 0.2) is 0 Å². The van der Waals surface area contributed by atoms with E-state index in [2.05, 4.69) is 21.0 Å². The molecule has 0 saturated carbocycles. The molecule has 1 aliphatic rings. The molecule has 5 heteroatoms. The summed E-state index contributed by atoms with van der Waals surface area (Å²) >= 11 is 3.45. The molecular formula is C15H13BrN2O2. The molecule has 1 aromatic carbocycles. The van der Waals surface area contributed by atoms with Gasteiger partial charge in [-0.2, -0.15) is 5.10 Å². The third kappa shape index (κ3) is 2.41. The smallest absolute Gasteiger partial charge is 0.240 e. The van der Waals surface area contributed by atoms with Gasteiger partial charge in [-0.1, -0.05) is 28.1 Å². The summed E-state index contributed by atoms with van der Waals surface area (Å²) in [6.45, 7) is 1.52. The quantitative estimate of drug-likeness (QED) is 0.840. The Morgan fingerprint density at radius 2 is 2.25 bits per heavy atom. The lowest BCUT2D eigenvalue weighted by Gasteiger charge is -2.17. The number of rotatable bonds is 2. The molecule has 0 unspecified atom stereocenters. The van der Waals surface area contributed by atoms with E-state index in [0.29, 0.717) is 6.42 Å². The van der Waals surface area contributed by atoms with E-state index >= 15 is 0 Å². The number of nitrogens with zero attached hydrogens (tertiary/aromatic N) is 2. The van der Waals surface area contributed by atoms with Gasteiger partial charge in [-0.15, -0.1) is 0 Å². The van der Waals surface area contributed by atoms with Crippen molar-refractivity contribution >= 4 is 27.5 Å². The van der Waals surface area contributed by atoms with Gasteiger partial charge in [0.1, 0.15) is 11.8 Å². The van der Waals surface area contributed by atoms with E-state index < -0.39 is 0 Å². The zero-order valence-corrected chi connectivity index (χ0v) is 12.5. The summed E-state index contributed by atoms with van der Waals surface area (Å²) in [5.74, 6) is 0.672. The number of amides is 1. The fourth-order valence-electron chi connectivity index (χ4n) is 2.35. The molecule has 2 heterocycles. The van der Waals surface area contributed by atoms with Crippen LogP contribution < -0.4 is 0 Å². The van der Waals surface area contributed by atoms with Crippen molar-refractivity contribution in [1.82, 2.24) is 5.01 Å². The summed E-state index contributed by atoms with van der Waals surface area (Å²) < 4.78 is 6.42. The second-order valence-corrected chi connectivity index (χ2v) is 5.57. The Morgan fingerprint density at radius 3 is 2.90 bits per heavy atom. The molecule has 1 atom stereocenters. The first-order valence-corrected chi connectivity index (χ1v) is 7.11. The zero-order valence-electron chi connectivity index (χ0n) is 10.9. The van der Waals surface area contributed by atoms with Crippen LogP contribution in [0.15, 0.2) is 56.7 Å². The fourth-order valence-corrected chi connectivity index (χ4v) is 2.74. The first-order chi connectivity index (χ1) is 9.65. The average Bonchev–Trinajstić information content (AvgIpc) is 3.08. The molecule has 2 aromatic rings. The Kier molecular flexibility index (Phi) is 3.44. The minimum Gasteiger partial charge on any atom is -0.467 e. The highest BCUT2D eigenvalue weighted by Crippen LogP contribution is 2.33. The van der Waals surface area contributed by atoms with Crippen LogP contribution in [0.5, 0.6) is 0 Å². The van der Waals surface area contributed by atoms with Crippen molar-refractivity contribution in [1.29, 1.82) is 0 Å². The summed E-state index contributed by atoms with van der Waals surface area (Å²) in [6, 6.07) is 11.5. The van der Waals surface area contributed by atoms with Gasteiger partial charge in [0, 0.05) is 17.8 Å². The van der Waals surface area contributed by atoms with Crippen LogP contribution in [0.3, 0.4) is 0 Å². The van der Waals surface area contributed by atoms with Crippen LogP contribution in [0.4, 0.5) is 0 Å². The van der Waals surface area contributed by atoms with Crippen molar-refractivity contribution in [2.45, 2.75) is 19.4 Å². The van der Waals surface area contributed by atoms with Crippen LogP contribution >= 0.6 is 15.9 Å². The molecule has 20 heavy (non-hydrogen) atoms. The summed E-state index contributed by atoms with van der Waals surface area (Å²) in [7, 11) is 0. The second kappa shape index (κ2) is 5.25. The largest absolute Gasteiger partial charge is 0.467 e. The van der Waals surface area contributed by atoms with Crippen LogP contribution in [0, 0.1) is 0 Å². The normalized spacial score (nSPS) is 18.2. The number of carbonyl (C=O) groups excluding carboxylic acids is 1. The fraction of sp³-hybridized carbons (Fsp3) is 0.200. The van der Waals surface area contributed by atoms with Gasteiger partial charge in [0.05, 0.1) is 12.0 Å². The lowest BCUT2D eigenvalue weighted by molar-refractivity contribution is -0.130.